The number of hydrogen-bond donors (Lipinski definition) is 2. The maximum absolute atomic E-state index is 5.33. The zero-order chi connectivity index (χ0) is 17.3. The second-order valence-corrected chi connectivity index (χ2v) is 6.35. The van der Waals surface area contributed by atoms with Crippen molar-refractivity contribution in [2.45, 2.75) is 32.9 Å². The Hall–Kier alpha value is -1.54. The molecule has 0 aliphatic carbocycles. The number of guanidine groups is 1. The van der Waals surface area contributed by atoms with E-state index in [2.05, 4.69) is 51.7 Å². The average molecular weight is 468 g/mol. The van der Waals surface area contributed by atoms with E-state index in [1.54, 1.807) is 6.26 Å². The molecule has 5 nitrogen and oxygen atoms in total. The minimum atomic E-state index is 0. The Morgan fingerprint density at radius 1 is 1.15 bits per heavy atom. The van der Waals surface area contributed by atoms with Gasteiger partial charge in [0.1, 0.15) is 12.3 Å². The number of benzene rings is 1. The molecule has 0 unspecified atom stereocenters. The Balaban J connectivity index is 0.00000243. The molecule has 1 aliphatic rings. The van der Waals surface area contributed by atoms with Crippen molar-refractivity contribution < 1.29 is 4.42 Å². The predicted octanol–water partition coefficient (Wildman–Crippen LogP) is 3.40. The van der Waals surface area contributed by atoms with Gasteiger partial charge in [0.25, 0.3) is 0 Å². The minimum Gasteiger partial charge on any atom is -0.467 e. The summed E-state index contributed by atoms with van der Waals surface area (Å²) in [6.07, 6.45) is 3.95. The molecule has 26 heavy (non-hydrogen) atoms. The van der Waals surface area contributed by atoms with Crippen LogP contribution in [0, 0.1) is 0 Å². The third-order valence-electron chi connectivity index (χ3n) is 4.47. The average Bonchev–Trinajstić information content (AvgIpc) is 3.16. The molecular formula is C20H29IN4O. The van der Waals surface area contributed by atoms with Gasteiger partial charge in [0.05, 0.1) is 6.26 Å². The Morgan fingerprint density at radius 3 is 2.77 bits per heavy atom. The van der Waals surface area contributed by atoms with Crippen molar-refractivity contribution in [2.24, 2.45) is 4.99 Å². The molecule has 0 fully saturated rings. The molecule has 2 aromatic rings. The van der Waals surface area contributed by atoms with Gasteiger partial charge < -0.3 is 15.1 Å². The first-order chi connectivity index (χ1) is 12.3. The van der Waals surface area contributed by atoms with Crippen LogP contribution in [0.4, 0.5) is 0 Å². The standard InChI is InChI=1S/C20H28N4O.HI/c1-2-21-20(23-15-19-9-5-14-25-19)22-11-6-12-24-13-10-17-7-3-4-8-18(17)16-24;/h3-5,7-9,14H,2,6,10-13,15-16H2,1H3,(H2,21,22,23);1H. The van der Waals surface area contributed by atoms with E-state index in [0.29, 0.717) is 6.54 Å². The van der Waals surface area contributed by atoms with Crippen molar-refractivity contribution in [3.8, 4) is 0 Å². The topological polar surface area (TPSA) is 52.8 Å². The summed E-state index contributed by atoms with van der Waals surface area (Å²) in [5.74, 6) is 1.73. The molecule has 1 aliphatic heterocycles. The minimum absolute atomic E-state index is 0. The fourth-order valence-electron chi connectivity index (χ4n) is 3.16. The number of aliphatic imine (C=N–C) groups is 1. The fraction of sp³-hybridized carbons (Fsp3) is 0.450. The molecule has 6 heteroatoms. The summed E-state index contributed by atoms with van der Waals surface area (Å²) in [6.45, 7) is 7.75. The lowest BCUT2D eigenvalue weighted by Gasteiger charge is -2.28. The highest BCUT2D eigenvalue weighted by molar-refractivity contribution is 14.0. The van der Waals surface area contributed by atoms with Crippen LogP contribution < -0.4 is 10.6 Å². The Bertz CT molecular complexity index is 672. The monoisotopic (exact) mass is 468 g/mol. The molecule has 0 saturated carbocycles. The Kier molecular flexibility index (Phi) is 8.97. The SMILES string of the molecule is CCNC(=NCc1ccco1)NCCCN1CCc2ccccc2C1.I. The Morgan fingerprint density at radius 2 is 2.00 bits per heavy atom. The highest BCUT2D eigenvalue weighted by atomic mass is 127. The molecule has 1 aromatic carbocycles. The van der Waals surface area contributed by atoms with Crippen LogP contribution in [-0.2, 0) is 19.5 Å². The quantitative estimate of drug-likeness (QED) is 0.283. The number of nitrogens with zero attached hydrogens (tertiary/aromatic N) is 2. The highest BCUT2D eigenvalue weighted by Gasteiger charge is 2.14. The van der Waals surface area contributed by atoms with Crippen molar-refractivity contribution >= 4 is 29.9 Å². The van der Waals surface area contributed by atoms with Crippen LogP contribution >= 0.6 is 24.0 Å². The van der Waals surface area contributed by atoms with E-state index in [0.717, 1.165) is 57.3 Å². The zero-order valence-corrected chi connectivity index (χ0v) is 17.7. The first-order valence-corrected chi connectivity index (χ1v) is 9.19. The van der Waals surface area contributed by atoms with Gasteiger partial charge in [0.15, 0.2) is 5.96 Å². The molecule has 142 valence electrons. The summed E-state index contributed by atoms with van der Waals surface area (Å²) < 4.78 is 5.33. The predicted molar refractivity (Wildman–Crippen MR) is 117 cm³/mol. The molecule has 0 atom stereocenters. The number of halogens is 1. The van der Waals surface area contributed by atoms with Gasteiger partial charge in [-0.25, -0.2) is 4.99 Å². The van der Waals surface area contributed by atoms with Crippen LogP contribution in [0.1, 0.15) is 30.2 Å². The molecule has 1 aromatic heterocycles. The van der Waals surface area contributed by atoms with Crippen LogP contribution in [0.25, 0.3) is 0 Å². The number of furan rings is 1. The van der Waals surface area contributed by atoms with E-state index in [-0.39, 0.29) is 24.0 Å². The summed E-state index contributed by atoms with van der Waals surface area (Å²) in [5, 5.41) is 6.69. The van der Waals surface area contributed by atoms with Gasteiger partial charge in [-0.3, -0.25) is 4.90 Å². The van der Waals surface area contributed by atoms with E-state index in [4.69, 9.17) is 4.42 Å². The van der Waals surface area contributed by atoms with E-state index in [9.17, 15) is 0 Å². The molecule has 0 spiro atoms. The van der Waals surface area contributed by atoms with E-state index < -0.39 is 0 Å². The van der Waals surface area contributed by atoms with Crippen molar-refractivity contribution in [3.63, 3.8) is 0 Å². The lowest BCUT2D eigenvalue weighted by atomic mass is 10.00. The number of nitrogens with one attached hydrogen (secondary N) is 2. The van der Waals surface area contributed by atoms with Crippen LogP contribution in [0.5, 0.6) is 0 Å². The van der Waals surface area contributed by atoms with Crippen molar-refractivity contribution in [1.82, 2.24) is 15.5 Å². The highest BCUT2D eigenvalue weighted by Crippen LogP contribution is 2.18. The van der Waals surface area contributed by atoms with Gasteiger partial charge >= 0.3 is 0 Å². The summed E-state index contributed by atoms with van der Waals surface area (Å²) >= 11 is 0. The van der Waals surface area contributed by atoms with E-state index in [1.807, 2.05) is 12.1 Å². The van der Waals surface area contributed by atoms with Crippen molar-refractivity contribution in [3.05, 3.63) is 59.5 Å². The summed E-state index contributed by atoms with van der Waals surface area (Å²) in [7, 11) is 0. The van der Waals surface area contributed by atoms with Crippen LogP contribution in [0.15, 0.2) is 52.1 Å². The van der Waals surface area contributed by atoms with Crippen LogP contribution in [0.2, 0.25) is 0 Å². The number of hydrogen-bond acceptors (Lipinski definition) is 3. The summed E-state index contributed by atoms with van der Waals surface area (Å²) in [6, 6.07) is 12.6. The first kappa shape index (κ1) is 20.8. The summed E-state index contributed by atoms with van der Waals surface area (Å²) in [4.78, 5) is 7.10. The van der Waals surface area contributed by atoms with Crippen LogP contribution in [0.3, 0.4) is 0 Å². The molecule has 2 heterocycles. The van der Waals surface area contributed by atoms with Gasteiger partial charge in [-0.05, 0) is 43.0 Å². The molecule has 0 amide bonds. The van der Waals surface area contributed by atoms with Gasteiger partial charge in [-0.15, -0.1) is 24.0 Å². The summed E-state index contributed by atoms with van der Waals surface area (Å²) in [5.41, 5.74) is 2.99. The fourth-order valence-corrected chi connectivity index (χ4v) is 3.16. The zero-order valence-electron chi connectivity index (χ0n) is 15.4. The molecule has 0 saturated heterocycles. The molecule has 0 bridgehead atoms. The van der Waals surface area contributed by atoms with Crippen molar-refractivity contribution in [2.75, 3.05) is 26.2 Å². The third kappa shape index (κ3) is 6.32. The van der Waals surface area contributed by atoms with E-state index in [1.165, 1.54) is 11.1 Å². The lowest BCUT2D eigenvalue weighted by Crippen LogP contribution is -2.39. The van der Waals surface area contributed by atoms with Gasteiger partial charge in [-0.2, -0.15) is 0 Å². The maximum atomic E-state index is 5.33. The second kappa shape index (κ2) is 11.2. The number of fused-ring (bicyclic) bond motifs is 1. The van der Waals surface area contributed by atoms with Crippen LogP contribution in [-0.4, -0.2) is 37.0 Å². The normalized spacial score (nSPS) is 14.4. The first-order valence-electron chi connectivity index (χ1n) is 9.19. The molecule has 0 radical (unpaired) electrons. The lowest BCUT2D eigenvalue weighted by molar-refractivity contribution is 0.251. The second-order valence-electron chi connectivity index (χ2n) is 6.35. The Labute approximate surface area is 173 Å². The van der Waals surface area contributed by atoms with E-state index >= 15 is 0 Å². The maximum Gasteiger partial charge on any atom is 0.191 e. The van der Waals surface area contributed by atoms with Gasteiger partial charge in [0.2, 0.25) is 0 Å². The molecular weight excluding hydrogens is 439 g/mol. The third-order valence-corrected chi connectivity index (χ3v) is 4.47. The van der Waals surface area contributed by atoms with Gasteiger partial charge in [0, 0.05) is 32.7 Å². The van der Waals surface area contributed by atoms with Crippen molar-refractivity contribution in [1.29, 1.82) is 0 Å². The molecule has 3 rings (SSSR count). The smallest absolute Gasteiger partial charge is 0.191 e. The van der Waals surface area contributed by atoms with Gasteiger partial charge in [-0.1, -0.05) is 24.3 Å². The number of rotatable bonds is 7. The largest absolute Gasteiger partial charge is 0.467 e. The molecule has 2 N–H and O–H groups in total.